The fraction of sp³-hybridized carbons (Fsp3) is 0.562. The molecular formula is C16H24IN3. The lowest BCUT2D eigenvalue weighted by Crippen LogP contribution is -2.40. The van der Waals surface area contributed by atoms with Crippen molar-refractivity contribution in [3.63, 3.8) is 0 Å². The molecule has 0 spiro atoms. The van der Waals surface area contributed by atoms with Crippen molar-refractivity contribution >= 4 is 29.9 Å². The number of guanidine groups is 1. The van der Waals surface area contributed by atoms with Crippen LogP contribution in [0.2, 0.25) is 0 Å². The maximum absolute atomic E-state index is 4.54. The molecule has 0 bridgehead atoms. The van der Waals surface area contributed by atoms with Crippen molar-refractivity contribution in [3.05, 3.63) is 35.9 Å². The molecule has 2 aliphatic rings. The summed E-state index contributed by atoms with van der Waals surface area (Å²) in [5, 5.41) is 7.10. The van der Waals surface area contributed by atoms with Gasteiger partial charge in [-0.2, -0.15) is 0 Å². The van der Waals surface area contributed by atoms with E-state index in [1.165, 1.54) is 18.4 Å². The summed E-state index contributed by atoms with van der Waals surface area (Å²) in [5.41, 5.74) is 1.44. The minimum absolute atomic E-state index is 0. The van der Waals surface area contributed by atoms with Gasteiger partial charge in [-0.25, -0.2) is 0 Å². The average Bonchev–Trinajstić information content (AvgIpc) is 3.31. The molecule has 1 aromatic carbocycles. The number of rotatable bonds is 4. The Morgan fingerprint density at radius 3 is 2.40 bits per heavy atom. The lowest BCUT2D eigenvalue weighted by Gasteiger charge is -2.12. The summed E-state index contributed by atoms with van der Waals surface area (Å²) in [6, 6.07) is 11.9. The highest BCUT2D eigenvalue weighted by molar-refractivity contribution is 14.0. The van der Waals surface area contributed by atoms with Gasteiger partial charge in [-0.15, -0.1) is 24.0 Å². The second-order valence-corrected chi connectivity index (χ2v) is 5.79. The van der Waals surface area contributed by atoms with E-state index in [9.17, 15) is 0 Å². The minimum Gasteiger partial charge on any atom is -0.353 e. The van der Waals surface area contributed by atoms with E-state index >= 15 is 0 Å². The van der Waals surface area contributed by atoms with Crippen LogP contribution in [-0.4, -0.2) is 24.6 Å². The highest BCUT2D eigenvalue weighted by atomic mass is 127. The lowest BCUT2D eigenvalue weighted by atomic mass is 10.1. The average molecular weight is 385 g/mol. The monoisotopic (exact) mass is 385 g/mol. The van der Waals surface area contributed by atoms with Crippen LogP contribution in [0.15, 0.2) is 35.3 Å². The Morgan fingerprint density at radius 2 is 1.80 bits per heavy atom. The molecule has 0 radical (unpaired) electrons. The van der Waals surface area contributed by atoms with Gasteiger partial charge in [0, 0.05) is 24.5 Å². The molecule has 4 heteroatoms. The molecular weight excluding hydrogens is 361 g/mol. The van der Waals surface area contributed by atoms with E-state index in [1.54, 1.807) is 0 Å². The van der Waals surface area contributed by atoms with Gasteiger partial charge in [-0.05, 0) is 31.2 Å². The van der Waals surface area contributed by atoms with Gasteiger partial charge < -0.3 is 10.6 Å². The normalized spacial score (nSPS) is 31.2. The molecule has 2 fully saturated rings. The first kappa shape index (κ1) is 15.6. The second-order valence-electron chi connectivity index (χ2n) is 5.79. The molecule has 1 aromatic rings. The number of hydrogen-bond donors (Lipinski definition) is 2. The molecule has 20 heavy (non-hydrogen) atoms. The molecule has 0 aliphatic heterocycles. The topological polar surface area (TPSA) is 36.4 Å². The third-order valence-corrected chi connectivity index (χ3v) is 4.09. The van der Waals surface area contributed by atoms with E-state index in [2.05, 4.69) is 59.8 Å². The Kier molecular flexibility index (Phi) is 5.29. The van der Waals surface area contributed by atoms with E-state index in [4.69, 9.17) is 0 Å². The predicted molar refractivity (Wildman–Crippen MR) is 94.8 cm³/mol. The Balaban J connectivity index is 0.00000147. The maximum Gasteiger partial charge on any atom is 0.191 e. The van der Waals surface area contributed by atoms with E-state index in [1.807, 2.05) is 0 Å². The van der Waals surface area contributed by atoms with Crippen molar-refractivity contribution in [2.75, 3.05) is 6.54 Å². The van der Waals surface area contributed by atoms with Gasteiger partial charge in [0.05, 0.1) is 0 Å². The highest BCUT2D eigenvalue weighted by Crippen LogP contribution is 2.40. The SMILES string of the molecule is CCN=C(NC1CC1C)NC1CC1c1ccccc1.I. The predicted octanol–water partition coefficient (Wildman–Crippen LogP) is 3.12. The van der Waals surface area contributed by atoms with Gasteiger partial charge in [0.1, 0.15) is 0 Å². The van der Waals surface area contributed by atoms with Gasteiger partial charge in [0.25, 0.3) is 0 Å². The van der Waals surface area contributed by atoms with Crippen LogP contribution in [0, 0.1) is 5.92 Å². The zero-order valence-corrected chi connectivity index (χ0v) is 14.5. The molecule has 0 saturated heterocycles. The summed E-state index contributed by atoms with van der Waals surface area (Å²) < 4.78 is 0. The molecule has 0 aromatic heterocycles. The molecule has 2 saturated carbocycles. The Hall–Kier alpha value is -0.780. The smallest absolute Gasteiger partial charge is 0.191 e. The number of hydrogen-bond acceptors (Lipinski definition) is 1. The first-order chi connectivity index (χ1) is 9.28. The second kappa shape index (κ2) is 6.78. The van der Waals surface area contributed by atoms with Crippen LogP contribution in [-0.2, 0) is 0 Å². The summed E-state index contributed by atoms with van der Waals surface area (Å²) >= 11 is 0. The van der Waals surface area contributed by atoms with Crippen LogP contribution in [0.5, 0.6) is 0 Å². The molecule has 3 rings (SSSR count). The summed E-state index contributed by atoms with van der Waals surface area (Å²) in [5.74, 6) is 2.45. The fourth-order valence-corrected chi connectivity index (χ4v) is 2.59. The van der Waals surface area contributed by atoms with Crippen molar-refractivity contribution in [3.8, 4) is 0 Å². The van der Waals surface area contributed by atoms with E-state index in [-0.39, 0.29) is 24.0 Å². The van der Waals surface area contributed by atoms with Crippen molar-refractivity contribution in [2.45, 2.75) is 44.7 Å². The third kappa shape index (κ3) is 3.87. The van der Waals surface area contributed by atoms with Crippen LogP contribution in [0.3, 0.4) is 0 Å². The highest BCUT2D eigenvalue weighted by Gasteiger charge is 2.40. The quantitative estimate of drug-likeness (QED) is 0.475. The molecule has 4 unspecified atom stereocenters. The molecule has 4 atom stereocenters. The van der Waals surface area contributed by atoms with Gasteiger partial charge in [0.2, 0.25) is 0 Å². The van der Waals surface area contributed by atoms with Gasteiger partial charge in [-0.1, -0.05) is 37.3 Å². The maximum atomic E-state index is 4.54. The summed E-state index contributed by atoms with van der Waals surface area (Å²) in [6.07, 6.45) is 2.49. The largest absolute Gasteiger partial charge is 0.353 e. The van der Waals surface area contributed by atoms with Crippen LogP contribution in [0.1, 0.15) is 38.2 Å². The van der Waals surface area contributed by atoms with Crippen LogP contribution >= 0.6 is 24.0 Å². The standard InChI is InChI=1S/C16H23N3.HI/c1-3-17-16(18-14-9-11(14)2)19-15-10-13(15)12-7-5-4-6-8-12;/h4-8,11,13-15H,3,9-10H2,1-2H3,(H2,17,18,19);1H. The van der Waals surface area contributed by atoms with E-state index < -0.39 is 0 Å². The van der Waals surface area contributed by atoms with Crippen molar-refractivity contribution < 1.29 is 0 Å². The molecule has 2 aliphatic carbocycles. The summed E-state index contributed by atoms with van der Waals surface area (Å²) in [6.45, 7) is 5.20. The third-order valence-electron chi connectivity index (χ3n) is 4.09. The first-order valence-corrected chi connectivity index (χ1v) is 7.40. The fourth-order valence-electron chi connectivity index (χ4n) is 2.59. The van der Waals surface area contributed by atoms with E-state index in [0.29, 0.717) is 18.0 Å². The van der Waals surface area contributed by atoms with Gasteiger partial charge in [-0.3, -0.25) is 4.99 Å². The molecule has 3 nitrogen and oxygen atoms in total. The van der Waals surface area contributed by atoms with Crippen molar-refractivity contribution in [1.29, 1.82) is 0 Å². The minimum atomic E-state index is 0. The van der Waals surface area contributed by atoms with E-state index in [0.717, 1.165) is 18.4 Å². The first-order valence-electron chi connectivity index (χ1n) is 7.40. The van der Waals surface area contributed by atoms with Crippen LogP contribution in [0.25, 0.3) is 0 Å². The van der Waals surface area contributed by atoms with Gasteiger partial charge >= 0.3 is 0 Å². The lowest BCUT2D eigenvalue weighted by molar-refractivity contribution is 0.749. The number of benzene rings is 1. The zero-order valence-electron chi connectivity index (χ0n) is 12.2. The molecule has 2 N–H and O–H groups in total. The Morgan fingerprint density at radius 1 is 1.15 bits per heavy atom. The van der Waals surface area contributed by atoms with Crippen molar-refractivity contribution in [1.82, 2.24) is 10.6 Å². The van der Waals surface area contributed by atoms with Gasteiger partial charge in [0.15, 0.2) is 5.96 Å². The Labute approximate surface area is 138 Å². The van der Waals surface area contributed by atoms with Crippen LogP contribution < -0.4 is 10.6 Å². The number of nitrogens with zero attached hydrogens (tertiary/aromatic N) is 1. The Bertz CT molecular complexity index is 460. The summed E-state index contributed by atoms with van der Waals surface area (Å²) in [4.78, 5) is 4.54. The number of halogens is 1. The summed E-state index contributed by atoms with van der Waals surface area (Å²) in [7, 11) is 0. The molecule has 0 heterocycles. The number of nitrogens with one attached hydrogen (secondary N) is 2. The molecule has 110 valence electrons. The molecule has 0 amide bonds. The van der Waals surface area contributed by atoms with Crippen molar-refractivity contribution in [2.24, 2.45) is 10.9 Å². The van der Waals surface area contributed by atoms with Crippen LogP contribution in [0.4, 0.5) is 0 Å². The number of aliphatic imine (C=N–C) groups is 1. The zero-order chi connectivity index (χ0) is 13.2.